The highest BCUT2D eigenvalue weighted by atomic mass is 19.4. The van der Waals surface area contributed by atoms with Crippen molar-refractivity contribution in [1.29, 1.82) is 0 Å². The van der Waals surface area contributed by atoms with Crippen LogP contribution in [0.25, 0.3) is 0 Å². The number of fused-ring (bicyclic) bond motifs is 1. The molecule has 0 atom stereocenters. The van der Waals surface area contributed by atoms with Crippen molar-refractivity contribution in [2.45, 2.75) is 6.18 Å². The molecule has 0 aliphatic carbocycles. The van der Waals surface area contributed by atoms with Crippen LogP contribution < -0.4 is 20.9 Å². The number of benzene rings is 2. The fourth-order valence-corrected chi connectivity index (χ4v) is 2.71. The highest BCUT2D eigenvalue weighted by Gasteiger charge is 2.35. The molecular formula is C19H16F3N3O4. The zero-order chi connectivity index (χ0) is 21.2. The van der Waals surface area contributed by atoms with E-state index >= 15 is 0 Å². The minimum Gasteiger partial charge on any atom is -0.487 e. The third kappa shape index (κ3) is 4.32. The zero-order valence-corrected chi connectivity index (χ0v) is 15.1. The molecule has 0 fully saturated rings. The van der Waals surface area contributed by atoms with E-state index in [1.165, 1.54) is 43.6 Å². The monoisotopic (exact) mass is 407 g/mol. The average Bonchev–Trinajstić information content (AvgIpc) is 2.90. The van der Waals surface area contributed by atoms with Gasteiger partial charge in [0.1, 0.15) is 12.4 Å². The fraction of sp³-hybridized carbons (Fsp3) is 0.158. The first-order valence-electron chi connectivity index (χ1n) is 8.28. The molecule has 1 heterocycles. The molecule has 0 aromatic heterocycles. The molecule has 0 unspecified atom stereocenters. The Balaban J connectivity index is 1.83. The number of carbonyl (C=O) groups is 2. The maximum atomic E-state index is 12.8. The summed E-state index contributed by atoms with van der Waals surface area (Å²) in [4.78, 5) is 30.4. The van der Waals surface area contributed by atoms with Gasteiger partial charge in [0.25, 0.3) is 5.78 Å². The highest BCUT2D eigenvalue weighted by Crippen LogP contribution is 2.32. The van der Waals surface area contributed by atoms with Gasteiger partial charge in [-0.25, -0.2) is 0 Å². The molecule has 3 rings (SSSR count). The Morgan fingerprint density at radius 3 is 2.66 bits per heavy atom. The highest BCUT2D eigenvalue weighted by molar-refractivity contribution is 6.52. The van der Waals surface area contributed by atoms with Crippen molar-refractivity contribution in [3.05, 3.63) is 65.5 Å². The van der Waals surface area contributed by atoms with Crippen molar-refractivity contribution < 1.29 is 32.3 Å². The molecule has 0 saturated carbocycles. The van der Waals surface area contributed by atoms with Crippen LogP contribution in [0.5, 0.6) is 5.75 Å². The van der Waals surface area contributed by atoms with Gasteiger partial charge in [-0.3, -0.25) is 24.8 Å². The predicted molar refractivity (Wildman–Crippen MR) is 97.8 cm³/mol. The van der Waals surface area contributed by atoms with E-state index in [9.17, 15) is 22.8 Å². The van der Waals surface area contributed by atoms with Crippen LogP contribution in [-0.4, -0.2) is 25.4 Å². The maximum absolute atomic E-state index is 12.8. The van der Waals surface area contributed by atoms with Crippen LogP contribution >= 0.6 is 0 Å². The molecule has 152 valence electrons. The van der Waals surface area contributed by atoms with Crippen molar-refractivity contribution in [1.82, 2.24) is 5.48 Å². The third-order valence-corrected chi connectivity index (χ3v) is 4.01. The fourth-order valence-electron chi connectivity index (χ4n) is 2.71. The summed E-state index contributed by atoms with van der Waals surface area (Å²) < 4.78 is 43.9. The van der Waals surface area contributed by atoms with E-state index in [1.54, 1.807) is 0 Å². The van der Waals surface area contributed by atoms with Crippen LogP contribution in [0.1, 0.15) is 15.9 Å². The molecule has 7 nitrogen and oxygen atoms in total. The molecule has 1 amide bonds. The van der Waals surface area contributed by atoms with Crippen LogP contribution in [0, 0.1) is 0 Å². The summed E-state index contributed by atoms with van der Waals surface area (Å²) in [6.45, 7) is -0.253. The van der Waals surface area contributed by atoms with Gasteiger partial charge >= 0.3 is 12.1 Å². The number of rotatable bonds is 6. The largest absolute Gasteiger partial charge is 0.487 e. The number of hydrogen-bond acceptors (Lipinski definition) is 6. The summed E-state index contributed by atoms with van der Waals surface area (Å²) in [7, 11) is 1.31. The molecule has 1 aliphatic heterocycles. The van der Waals surface area contributed by atoms with Gasteiger partial charge in [-0.2, -0.15) is 13.2 Å². The first kappa shape index (κ1) is 20.2. The molecule has 0 radical (unpaired) electrons. The quantitative estimate of drug-likeness (QED) is 0.435. The average molecular weight is 407 g/mol. The topological polar surface area (TPSA) is 93.9 Å². The third-order valence-electron chi connectivity index (χ3n) is 4.01. The first-order valence-corrected chi connectivity index (χ1v) is 8.28. The molecule has 2 aromatic carbocycles. The van der Waals surface area contributed by atoms with Crippen molar-refractivity contribution in [2.75, 3.05) is 24.4 Å². The number of ketones is 1. The number of ether oxygens (including phenoxy) is 1. The molecule has 29 heavy (non-hydrogen) atoms. The molecule has 10 heteroatoms. The summed E-state index contributed by atoms with van der Waals surface area (Å²) in [5, 5.41) is 0. The number of nitrogen functional groups attached to an aromatic ring is 1. The van der Waals surface area contributed by atoms with Crippen LogP contribution in [-0.2, 0) is 15.8 Å². The Morgan fingerprint density at radius 2 is 1.97 bits per heavy atom. The Labute approximate surface area is 163 Å². The minimum atomic E-state index is -4.50. The van der Waals surface area contributed by atoms with Gasteiger partial charge in [-0.15, -0.1) is 0 Å². The molecular weight excluding hydrogens is 391 g/mol. The van der Waals surface area contributed by atoms with Crippen LogP contribution in [0.3, 0.4) is 0 Å². The van der Waals surface area contributed by atoms with E-state index in [2.05, 4.69) is 5.48 Å². The zero-order valence-electron chi connectivity index (χ0n) is 15.1. The number of anilines is 2. The number of amides is 1. The number of Topliss-reactive ketones (excluding diaryl/α,β-unsaturated/α-hetero) is 1. The second-order valence-corrected chi connectivity index (χ2v) is 6.06. The van der Waals surface area contributed by atoms with Crippen molar-refractivity contribution in [3.8, 4) is 5.75 Å². The molecule has 0 spiro atoms. The number of hydrogen-bond donors (Lipinski definition) is 2. The molecule has 2 aromatic rings. The summed E-state index contributed by atoms with van der Waals surface area (Å²) >= 11 is 0. The van der Waals surface area contributed by atoms with Gasteiger partial charge in [0.2, 0.25) is 0 Å². The second-order valence-electron chi connectivity index (χ2n) is 6.06. The van der Waals surface area contributed by atoms with E-state index in [-0.39, 0.29) is 23.6 Å². The smallest absolute Gasteiger partial charge is 0.416 e. The van der Waals surface area contributed by atoms with Gasteiger partial charge in [-0.05, 0) is 36.4 Å². The van der Waals surface area contributed by atoms with Gasteiger partial charge < -0.3 is 10.5 Å². The van der Waals surface area contributed by atoms with Gasteiger partial charge in [0.05, 0.1) is 29.6 Å². The second kappa shape index (κ2) is 7.84. The van der Waals surface area contributed by atoms with Crippen molar-refractivity contribution >= 4 is 23.1 Å². The standard InChI is InChI=1S/C19H16F3N3O4/c1-28-24-13(10-29-14-4-2-3-11(7-14)19(20,21)22)9-25-16-6-5-12(23)8-15(16)17(26)18(25)27/h2-9,24H,10,23H2,1H3. The first-order chi connectivity index (χ1) is 13.7. The van der Waals surface area contributed by atoms with E-state index in [0.29, 0.717) is 11.4 Å². The minimum absolute atomic E-state index is 0.0272. The number of carbonyl (C=O) groups excluding carboxylic acids is 2. The van der Waals surface area contributed by atoms with E-state index in [0.717, 1.165) is 17.0 Å². The SMILES string of the molecule is CONC(=CN1C(=O)C(=O)c2cc(N)ccc21)COc1cccc(C(F)(F)F)c1. The summed E-state index contributed by atoms with van der Waals surface area (Å²) in [5.74, 6) is -1.56. The van der Waals surface area contributed by atoms with Gasteiger partial charge in [0.15, 0.2) is 0 Å². The number of nitrogens with one attached hydrogen (secondary N) is 1. The Bertz CT molecular complexity index is 989. The van der Waals surface area contributed by atoms with E-state index < -0.39 is 23.4 Å². The number of nitrogens with two attached hydrogens (primary N) is 1. The number of nitrogens with zero attached hydrogens (tertiary/aromatic N) is 1. The van der Waals surface area contributed by atoms with Gasteiger partial charge in [0, 0.05) is 11.9 Å². The summed E-state index contributed by atoms with van der Waals surface area (Å²) in [5.41, 5.74) is 8.29. The van der Waals surface area contributed by atoms with Crippen LogP contribution in [0.15, 0.2) is 54.4 Å². The maximum Gasteiger partial charge on any atom is 0.416 e. The number of alkyl halides is 3. The summed E-state index contributed by atoms with van der Waals surface area (Å²) in [6.07, 6.45) is -3.23. The molecule has 0 saturated heterocycles. The number of hydroxylamine groups is 1. The lowest BCUT2D eigenvalue weighted by atomic mass is 10.1. The van der Waals surface area contributed by atoms with Gasteiger partial charge in [-0.1, -0.05) is 6.07 Å². The Kier molecular flexibility index (Phi) is 5.46. The lowest BCUT2D eigenvalue weighted by Gasteiger charge is -2.16. The Hall–Kier alpha value is -3.53. The summed E-state index contributed by atoms with van der Waals surface area (Å²) in [6, 6.07) is 8.81. The molecule has 3 N–H and O–H groups in total. The van der Waals surface area contributed by atoms with E-state index in [1.807, 2.05) is 0 Å². The van der Waals surface area contributed by atoms with E-state index in [4.69, 9.17) is 15.3 Å². The molecule has 0 bridgehead atoms. The predicted octanol–water partition coefficient (Wildman–Crippen LogP) is 2.89. The van der Waals surface area contributed by atoms with Crippen LogP contribution in [0.2, 0.25) is 0 Å². The van der Waals surface area contributed by atoms with Crippen LogP contribution in [0.4, 0.5) is 24.5 Å². The van der Waals surface area contributed by atoms with Crippen molar-refractivity contribution in [3.63, 3.8) is 0 Å². The normalized spacial score (nSPS) is 14.2. The lowest BCUT2D eigenvalue weighted by Crippen LogP contribution is -2.28. The van der Waals surface area contributed by atoms with Crippen molar-refractivity contribution in [2.24, 2.45) is 0 Å². The lowest BCUT2D eigenvalue weighted by molar-refractivity contribution is -0.137. The number of halogens is 3. The Morgan fingerprint density at radius 1 is 1.21 bits per heavy atom. The molecule has 1 aliphatic rings.